The summed E-state index contributed by atoms with van der Waals surface area (Å²) in [5.41, 5.74) is 0.450. The van der Waals surface area contributed by atoms with Crippen molar-refractivity contribution >= 4 is 27.3 Å². The zero-order chi connectivity index (χ0) is 13.2. The fraction of sp³-hybridized carbons (Fsp3) is 0.583. The normalized spacial score (nSPS) is 17.6. The molecule has 0 spiro atoms. The van der Waals surface area contributed by atoms with Crippen LogP contribution in [0.2, 0.25) is 0 Å². The van der Waals surface area contributed by atoms with Crippen molar-refractivity contribution in [2.45, 2.75) is 38.0 Å². The minimum Gasteiger partial charge on any atom is -0.268 e. The second kappa shape index (κ2) is 5.40. The molecule has 1 aliphatic carbocycles. The Bertz CT molecular complexity index is 527. The fourth-order valence-electron chi connectivity index (χ4n) is 2.30. The lowest BCUT2D eigenvalue weighted by molar-refractivity contribution is 0.0982. The van der Waals surface area contributed by atoms with Gasteiger partial charge in [-0.3, -0.25) is 4.79 Å². The molecule has 6 heteroatoms. The Morgan fingerprint density at radius 3 is 2.61 bits per heavy atom. The van der Waals surface area contributed by atoms with Gasteiger partial charge >= 0.3 is 0 Å². The molecule has 1 N–H and O–H groups in total. The van der Waals surface area contributed by atoms with Gasteiger partial charge in [0.05, 0.1) is 11.8 Å². The molecule has 2 rings (SSSR count). The van der Waals surface area contributed by atoms with Crippen LogP contribution < -0.4 is 4.72 Å². The van der Waals surface area contributed by atoms with Crippen LogP contribution >= 0.6 is 11.3 Å². The summed E-state index contributed by atoms with van der Waals surface area (Å²) in [7, 11) is -3.48. The molecule has 1 aromatic rings. The predicted molar refractivity (Wildman–Crippen MR) is 72.5 cm³/mol. The summed E-state index contributed by atoms with van der Waals surface area (Å²) in [4.78, 5) is 12.9. The van der Waals surface area contributed by atoms with Crippen LogP contribution in [0.3, 0.4) is 0 Å². The van der Waals surface area contributed by atoms with E-state index < -0.39 is 15.9 Å². The van der Waals surface area contributed by atoms with Crippen molar-refractivity contribution in [1.29, 1.82) is 0 Å². The monoisotopic (exact) mass is 287 g/mol. The Hall–Kier alpha value is -0.880. The third-order valence-corrected chi connectivity index (χ3v) is 4.82. The number of amides is 1. The van der Waals surface area contributed by atoms with Crippen LogP contribution in [0.1, 0.15) is 53.3 Å². The molecule has 0 aliphatic heterocycles. The van der Waals surface area contributed by atoms with Crippen molar-refractivity contribution in [2.75, 3.05) is 6.26 Å². The quantitative estimate of drug-likeness (QED) is 0.929. The highest BCUT2D eigenvalue weighted by molar-refractivity contribution is 7.89. The van der Waals surface area contributed by atoms with E-state index in [4.69, 9.17) is 0 Å². The van der Waals surface area contributed by atoms with E-state index in [0.29, 0.717) is 11.5 Å². The summed E-state index contributed by atoms with van der Waals surface area (Å²) < 4.78 is 24.0. The molecule has 0 unspecified atom stereocenters. The van der Waals surface area contributed by atoms with E-state index >= 15 is 0 Å². The van der Waals surface area contributed by atoms with Crippen LogP contribution in [0.4, 0.5) is 0 Å². The molecular weight excluding hydrogens is 270 g/mol. The van der Waals surface area contributed by atoms with Crippen molar-refractivity contribution in [2.24, 2.45) is 0 Å². The number of carbonyl (C=O) groups is 1. The summed E-state index contributed by atoms with van der Waals surface area (Å²) in [6, 6.07) is 1.83. The lowest BCUT2D eigenvalue weighted by Gasteiger charge is -2.19. The first-order chi connectivity index (χ1) is 8.46. The molecule has 1 heterocycles. The fourth-order valence-corrected chi connectivity index (χ4v) is 3.82. The van der Waals surface area contributed by atoms with Crippen LogP contribution in [0.5, 0.6) is 0 Å². The van der Waals surface area contributed by atoms with Gasteiger partial charge in [0.2, 0.25) is 10.0 Å². The molecule has 1 aromatic heterocycles. The van der Waals surface area contributed by atoms with Gasteiger partial charge < -0.3 is 0 Å². The highest BCUT2D eigenvalue weighted by atomic mass is 32.2. The van der Waals surface area contributed by atoms with Gasteiger partial charge in [0, 0.05) is 10.3 Å². The summed E-state index contributed by atoms with van der Waals surface area (Å²) in [6.07, 6.45) is 7.12. The molecule has 0 aromatic carbocycles. The SMILES string of the molecule is CS(=O)(=O)NC(=O)c1csc(C2CCCCC2)c1. The number of nitrogens with one attached hydrogen (secondary N) is 1. The standard InChI is InChI=1S/C12H17NO3S2/c1-18(15,16)13-12(14)10-7-11(17-8-10)9-5-3-2-4-6-9/h7-9H,2-6H2,1H3,(H,13,14). The first-order valence-electron chi connectivity index (χ1n) is 6.06. The summed E-state index contributed by atoms with van der Waals surface area (Å²) >= 11 is 1.55. The lowest BCUT2D eigenvalue weighted by atomic mass is 9.88. The van der Waals surface area contributed by atoms with Crippen LogP contribution in [0, 0.1) is 0 Å². The van der Waals surface area contributed by atoms with Gasteiger partial charge in [0.1, 0.15) is 0 Å². The Labute approximate surface area is 111 Å². The van der Waals surface area contributed by atoms with E-state index in [-0.39, 0.29) is 0 Å². The van der Waals surface area contributed by atoms with E-state index in [1.54, 1.807) is 16.7 Å². The van der Waals surface area contributed by atoms with Crippen LogP contribution in [0.25, 0.3) is 0 Å². The molecule has 4 nitrogen and oxygen atoms in total. The summed E-state index contributed by atoms with van der Waals surface area (Å²) in [5, 5.41) is 1.74. The topological polar surface area (TPSA) is 63.2 Å². The number of hydrogen-bond acceptors (Lipinski definition) is 4. The average Bonchev–Trinajstić information content (AvgIpc) is 2.77. The van der Waals surface area contributed by atoms with Gasteiger partial charge in [-0.15, -0.1) is 11.3 Å². The van der Waals surface area contributed by atoms with Crippen LogP contribution in [-0.4, -0.2) is 20.6 Å². The Balaban J connectivity index is 2.07. The van der Waals surface area contributed by atoms with Crippen LogP contribution in [0.15, 0.2) is 11.4 Å². The minimum absolute atomic E-state index is 0.450. The maximum Gasteiger partial charge on any atom is 0.265 e. The molecule has 1 aliphatic rings. The third kappa shape index (κ3) is 3.55. The first kappa shape index (κ1) is 13.5. The lowest BCUT2D eigenvalue weighted by Crippen LogP contribution is -2.28. The zero-order valence-corrected chi connectivity index (χ0v) is 11.9. The molecule has 0 saturated heterocycles. The van der Waals surface area contributed by atoms with E-state index in [0.717, 1.165) is 6.26 Å². The van der Waals surface area contributed by atoms with Gasteiger partial charge in [-0.2, -0.15) is 0 Å². The number of hydrogen-bond donors (Lipinski definition) is 1. The largest absolute Gasteiger partial charge is 0.268 e. The van der Waals surface area contributed by atoms with E-state index in [1.807, 2.05) is 10.8 Å². The molecule has 1 saturated carbocycles. The van der Waals surface area contributed by atoms with E-state index in [1.165, 1.54) is 37.0 Å². The van der Waals surface area contributed by atoms with E-state index in [9.17, 15) is 13.2 Å². The number of sulfonamides is 1. The van der Waals surface area contributed by atoms with Crippen molar-refractivity contribution in [3.63, 3.8) is 0 Å². The predicted octanol–water partition coefficient (Wildman–Crippen LogP) is 2.49. The summed E-state index contributed by atoms with van der Waals surface area (Å²) in [6.45, 7) is 0. The highest BCUT2D eigenvalue weighted by Gasteiger charge is 2.19. The number of thiophene rings is 1. The zero-order valence-electron chi connectivity index (χ0n) is 10.3. The minimum atomic E-state index is -3.48. The Morgan fingerprint density at radius 1 is 1.33 bits per heavy atom. The van der Waals surface area contributed by atoms with E-state index in [2.05, 4.69) is 0 Å². The van der Waals surface area contributed by atoms with Gasteiger partial charge in [0.15, 0.2) is 0 Å². The van der Waals surface area contributed by atoms with Crippen molar-refractivity contribution in [3.8, 4) is 0 Å². The smallest absolute Gasteiger partial charge is 0.265 e. The Kier molecular flexibility index (Phi) is 4.07. The van der Waals surface area contributed by atoms with Crippen molar-refractivity contribution in [1.82, 2.24) is 4.72 Å². The second-order valence-corrected chi connectivity index (χ2v) is 7.47. The molecule has 1 amide bonds. The number of carbonyl (C=O) groups excluding carboxylic acids is 1. The first-order valence-corrected chi connectivity index (χ1v) is 8.83. The van der Waals surface area contributed by atoms with Gasteiger partial charge in [0.25, 0.3) is 5.91 Å². The second-order valence-electron chi connectivity index (χ2n) is 4.78. The average molecular weight is 287 g/mol. The Morgan fingerprint density at radius 2 is 2.00 bits per heavy atom. The van der Waals surface area contributed by atoms with Gasteiger partial charge in [-0.05, 0) is 24.8 Å². The van der Waals surface area contributed by atoms with Gasteiger partial charge in [-0.25, -0.2) is 13.1 Å². The van der Waals surface area contributed by atoms with Crippen molar-refractivity contribution in [3.05, 3.63) is 21.9 Å². The maximum absolute atomic E-state index is 11.7. The molecule has 1 fully saturated rings. The molecule has 0 atom stereocenters. The third-order valence-electron chi connectivity index (χ3n) is 3.17. The molecule has 0 radical (unpaired) electrons. The molecule has 0 bridgehead atoms. The molecule has 18 heavy (non-hydrogen) atoms. The van der Waals surface area contributed by atoms with Crippen molar-refractivity contribution < 1.29 is 13.2 Å². The van der Waals surface area contributed by atoms with Crippen LogP contribution in [-0.2, 0) is 10.0 Å². The van der Waals surface area contributed by atoms with Gasteiger partial charge in [-0.1, -0.05) is 19.3 Å². The summed E-state index contributed by atoms with van der Waals surface area (Å²) in [5.74, 6) is 0.0133. The highest BCUT2D eigenvalue weighted by Crippen LogP contribution is 2.35. The maximum atomic E-state index is 11.7. The molecule has 100 valence electrons. The molecular formula is C12H17NO3S2. The number of rotatable bonds is 3.